The number of hydrogen-bond acceptors (Lipinski definition) is 3. The Labute approximate surface area is 168 Å². The minimum absolute atomic E-state index is 0.168. The number of nitrogens with one attached hydrogen (secondary N) is 1. The van der Waals surface area contributed by atoms with Gasteiger partial charge in [0.1, 0.15) is 11.5 Å². The molecule has 2 atom stereocenters. The van der Waals surface area contributed by atoms with Gasteiger partial charge >= 0.3 is 0 Å². The first kappa shape index (κ1) is 20.2. The standard InChI is InChI=1S/C24H31NO3/c1-3-7-24(26)25-17-20-16-23(20)19-10-5-12-22(15-19)28-13-6-9-18-8-4-11-21(14-18)27-2/h4-5,8,10-12,14-15,20,23H,3,6-7,9,13,16-17H2,1-2H3,(H,25,26). The van der Waals surface area contributed by atoms with Gasteiger partial charge < -0.3 is 14.8 Å². The van der Waals surface area contributed by atoms with Gasteiger partial charge in [-0.1, -0.05) is 31.2 Å². The number of carbonyl (C=O) groups excluding carboxylic acids is 1. The topological polar surface area (TPSA) is 47.6 Å². The number of amides is 1. The Kier molecular flexibility index (Phi) is 7.35. The quantitative estimate of drug-likeness (QED) is 0.573. The van der Waals surface area contributed by atoms with Crippen LogP contribution in [0, 0.1) is 5.92 Å². The third-order valence-electron chi connectivity index (χ3n) is 5.26. The molecule has 1 amide bonds. The Morgan fingerprint density at radius 3 is 2.79 bits per heavy atom. The zero-order chi connectivity index (χ0) is 19.8. The lowest BCUT2D eigenvalue weighted by atomic mass is 10.1. The highest BCUT2D eigenvalue weighted by Crippen LogP contribution is 2.47. The van der Waals surface area contributed by atoms with E-state index < -0.39 is 0 Å². The molecule has 4 heteroatoms. The van der Waals surface area contributed by atoms with Gasteiger partial charge in [-0.15, -0.1) is 0 Å². The Balaban J connectivity index is 1.41. The molecule has 0 heterocycles. The molecule has 0 radical (unpaired) electrons. The Hall–Kier alpha value is -2.49. The van der Waals surface area contributed by atoms with Crippen molar-refractivity contribution < 1.29 is 14.3 Å². The van der Waals surface area contributed by atoms with Gasteiger partial charge in [0.15, 0.2) is 0 Å². The molecule has 0 aromatic heterocycles. The summed E-state index contributed by atoms with van der Waals surface area (Å²) in [5, 5.41) is 3.05. The summed E-state index contributed by atoms with van der Waals surface area (Å²) >= 11 is 0. The van der Waals surface area contributed by atoms with E-state index >= 15 is 0 Å². The number of ether oxygens (including phenoxy) is 2. The van der Waals surface area contributed by atoms with Crippen LogP contribution in [0.5, 0.6) is 11.5 Å². The first-order valence-corrected chi connectivity index (χ1v) is 10.3. The minimum atomic E-state index is 0.168. The van der Waals surface area contributed by atoms with Crippen LogP contribution >= 0.6 is 0 Å². The SMILES string of the molecule is CCCC(=O)NCC1CC1c1cccc(OCCCc2cccc(OC)c2)c1. The summed E-state index contributed by atoms with van der Waals surface area (Å²) in [4.78, 5) is 11.6. The summed E-state index contributed by atoms with van der Waals surface area (Å²) < 4.78 is 11.2. The normalized spacial score (nSPS) is 17.8. The fourth-order valence-corrected chi connectivity index (χ4v) is 3.57. The number of rotatable bonds is 11. The van der Waals surface area contributed by atoms with Crippen LogP contribution in [0.4, 0.5) is 0 Å². The van der Waals surface area contributed by atoms with Gasteiger partial charge in [-0.05, 0) is 72.9 Å². The van der Waals surface area contributed by atoms with Gasteiger partial charge in [-0.3, -0.25) is 4.79 Å². The van der Waals surface area contributed by atoms with E-state index in [0.717, 1.165) is 43.7 Å². The molecule has 2 aromatic rings. The predicted molar refractivity (Wildman–Crippen MR) is 112 cm³/mol. The van der Waals surface area contributed by atoms with Crippen LogP contribution in [0.15, 0.2) is 48.5 Å². The van der Waals surface area contributed by atoms with Gasteiger partial charge in [-0.25, -0.2) is 0 Å². The second-order valence-corrected chi connectivity index (χ2v) is 7.53. The van der Waals surface area contributed by atoms with Crippen molar-refractivity contribution in [3.05, 3.63) is 59.7 Å². The molecule has 1 aliphatic carbocycles. The summed E-state index contributed by atoms with van der Waals surface area (Å²) in [5.41, 5.74) is 2.59. The fraction of sp³-hybridized carbons (Fsp3) is 0.458. The zero-order valence-corrected chi connectivity index (χ0v) is 16.9. The number of hydrogen-bond donors (Lipinski definition) is 1. The van der Waals surface area contributed by atoms with E-state index in [1.807, 2.05) is 25.1 Å². The largest absolute Gasteiger partial charge is 0.497 e. The Bertz CT molecular complexity index is 774. The molecule has 2 aromatic carbocycles. The lowest BCUT2D eigenvalue weighted by molar-refractivity contribution is -0.121. The van der Waals surface area contributed by atoms with E-state index in [1.54, 1.807) is 7.11 Å². The van der Waals surface area contributed by atoms with Crippen LogP contribution in [0.1, 0.15) is 49.7 Å². The van der Waals surface area contributed by atoms with Crippen molar-refractivity contribution in [1.29, 1.82) is 0 Å². The summed E-state index contributed by atoms with van der Waals surface area (Å²) in [6.07, 6.45) is 4.60. The lowest BCUT2D eigenvalue weighted by Gasteiger charge is -2.09. The predicted octanol–water partition coefficient (Wildman–Crippen LogP) is 4.73. The highest BCUT2D eigenvalue weighted by molar-refractivity contribution is 5.75. The molecular formula is C24H31NO3. The molecule has 0 spiro atoms. The molecule has 1 saturated carbocycles. The number of carbonyl (C=O) groups is 1. The van der Waals surface area contributed by atoms with Gasteiger partial charge in [-0.2, -0.15) is 0 Å². The molecule has 3 rings (SSSR count). The molecule has 0 saturated heterocycles. The van der Waals surface area contributed by atoms with Gasteiger partial charge in [0.2, 0.25) is 5.91 Å². The molecule has 150 valence electrons. The maximum atomic E-state index is 11.6. The Morgan fingerprint density at radius 2 is 1.96 bits per heavy atom. The van der Waals surface area contributed by atoms with E-state index in [9.17, 15) is 4.79 Å². The van der Waals surface area contributed by atoms with Crippen molar-refractivity contribution in [2.75, 3.05) is 20.3 Å². The summed E-state index contributed by atoms with van der Waals surface area (Å²) in [6.45, 7) is 3.51. The van der Waals surface area contributed by atoms with Crippen LogP contribution in [0.25, 0.3) is 0 Å². The zero-order valence-electron chi connectivity index (χ0n) is 16.9. The molecule has 2 unspecified atom stereocenters. The molecule has 4 nitrogen and oxygen atoms in total. The van der Waals surface area contributed by atoms with Gasteiger partial charge in [0.05, 0.1) is 13.7 Å². The molecule has 0 bridgehead atoms. The fourth-order valence-electron chi connectivity index (χ4n) is 3.57. The summed E-state index contributed by atoms with van der Waals surface area (Å²) in [6, 6.07) is 16.6. The van der Waals surface area contributed by atoms with E-state index in [2.05, 4.69) is 35.6 Å². The summed E-state index contributed by atoms with van der Waals surface area (Å²) in [5.74, 6) is 3.10. The van der Waals surface area contributed by atoms with Crippen molar-refractivity contribution in [3.8, 4) is 11.5 Å². The second-order valence-electron chi connectivity index (χ2n) is 7.53. The maximum Gasteiger partial charge on any atom is 0.219 e. The highest BCUT2D eigenvalue weighted by atomic mass is 16.5. The van der Waals surface area contributed by atoms with Crippen LogP contribution in [0.3, 0.4) is 0 Å². The van der Waals surface area contributed by atoms with Crippen LogP contribution in [0.2, 0.25) is 0 Å². The van der Waals surface area contributed by atoms with E-state index in [1.165, 1.54) is 11.1 Å². The molecule has 1 N–H and O–H groups in total. The van der Waals surface area contributed by atoms with Crippen molar-refractivity contribution in [2.24, 2.45) is 5.92 Å². The highest BCUT2D eigenvalue weighted by Gasteiger charge is 2.38. The minimum Gasteiger partial charge on any atom is -0.497 e. The molecular weight excluding hydrogens is 350 g/mol. The number of aryl methyl sites for hydroxylation is 1. The third kappa shape index (κ3) is 6.01. The van der Waals surface area contributed by atoms with Crippen molar-refractivity contribution in [2.45, 2.75) is 44.9 Å². The van der Waals surface area contributed by atoms with E-state index in [-0.39, 0.29) is 5.91 Å². The first-order chi connectivity index (χ1) is 13.7. The summed E-state index contributed by atoms with van der Waals surface area (Å²) in [7, 11) is 1.69. The average Bonchev–Trinajstić information content (AvgIpc) is 3.50. The average molecular weight is 382 g/mol. The number of methoxy groups -OCH3 is 1. The van der Waals surface area contributed by atoms with Gasteiger partial charge in [0, 0.05) is 13.0 Å². The van der Waals surface area contributed by atoms with Crippen molar-refractivity contribution >= 4 is 5.91 Å². The van der Waals surface area contributed by atoms with Gasteiger partial charge in [0.25, 0.3) is 0 Å². The lowest BCUT2D eigenvalue weighted by Crippen LogP contribution is -2.25. The Morgan fingerprint density at radius 1 is 1.14 bits per heavy atom. The second kappa shape index (κ2) is 10.2. The first-order valence-electron chi connectivity index (χ1n) is 10.3. The maximum absolute atomic E-state index is 11.6. The van der Waals surface area contributed by atoms with Crippen molar-refractivity contribution in [3.63, 3.8) is 0 Å². The van der Waals surface area contributed by atoms with E-state index in [0.29, 0.717) is 24.9 Å². The van der Waals surface area contributed by atoms with Crippen LogP contribution < -0.4 is 14.8 Å². The smallest absolute Gasteiger partial charge is 0.219 e. The third-order valence-corrected chi connectivity index (χ3v) is 5.26. The monoisotopic (exact) mass is 381 g/mol. The molecule has 1 aliphatic rings. The molecule has 1 fully saturated rings. The van der Waals surface area contributed by atoms with Crippen LogP contribution in [-0.4, -0.2) is 26.2 Å². The van der Waals surface area contributed by atoms with Crippen molar-refractivity contribution in [1.82, 2.24) is 5.32 Å². The molecule has 28 heavy (non-hydrogen) atoms. The number of benzene rings is 2. The van der Waals surface area contributed by atoms with E-state index in [4.69, 9.17) is 9.47 Å². The molecule has 0 aliphatic heterocycles. The van der Waals surface area contributed by atoms with Crippen LogP contribution in [-0.2, 0) is 11.2 Å².